The Kier molecular flexibility index (Phi) is 6.44. The summed E-state index contributed by atoms with van der Waals surface area (Å²) in [6.45, 7) is 14.1. The van der Waals surface area contributed by atoms with Crippen LogP contribution in [-0.4, -0.2) is 41.1 Å². The van der Waals surface area contributed by atoms with Gasteiger partial charge in [-0.25, -0.2) is 5.84 Å². The minimum Gasteiger partial charge on any atom is -0.341 e. The lowest BCUT2D eigenvalue weighted by molar-refractivity contribution is 0.607. The van der Waals surface area contributed by atoms with Crippen molar-refractivity contribution in [1.29, 1.82) is 0 Å². The lowest BCUT2D eigenvalue weighted by Crippen LogP contribution is -2.31. The van der Waals surface area contributed by atoms with Crippen molar-refractivity contribution >= 4 is 17.8 Å². The predicted octanol–water partition coefficient (Wildman–Crippen LogP) is 1.49. The molecule has 7 heteroatoms. The molecule has 1 rings (SSSR count). The fourth-order valence-corrected chi connectivity index (χ4v) is 2.00. The molecule has 20 heavy (non-hydrogen) atoms. The van der Waals surface area contributed by atoms with Crippen molar-refractivity contribution in [3.05, 3.63) is 0 Å². The third-order valence-corrected chi connectivity index (χ3v) is 3.04. The highest BCUT2D eigenvalue weighted by Crippen LogP contribution is 2.17. The molecule has 3 N–H and O–H groups in total. The Labute approximate surface area is 121 Å². The maximum absolute atomic E-state index is 5.47. The van der Waals surface area contributed by atoms with Gasteiger partial charge in [0, 0.05) is 26.2 Å². The van der Waals surface area contributed by atoms with Crippen molar-refractivity contribution in [2.75, 3.05) is 41.4 Å². The summed E-state index contributed by atoms with van der Waals surface area (Å²) in [6.07, 6.45) is 0. The molecule has 0 atom stereocenters. The largest absolute Gasteiger partial charge is 0.341 e. The van der Waals surface area contributed by atoms with Crippen LogP contribution in [0.1, 0.15) is 34.6 Å². The molecule has 0 aliphatic carbocycles. The number of anilines is 3. The van der Waals surface area contributed by atoms with Crippen LogP contribution >= 0.6 is 0 Å². The van der Waals surface area contributed by atoms with Crippen LogP contribution in [0.25, 0.3) is 0 Å². The zero-order valence-corrected chi connectivity index (χ0v) is 13.2. The van der Waals surface area contributed by atoms with Gasteiger partial charge in [0.05, 0.1) is 0 Å². The molecule has 114 valence electrons. The molecule has 0 aromatic carbocycles. The number of hydrogen-bond acceptors (Lipinski definition) is 7. The Bertz CT molecular complexity index is 404. The summed E-state index contributed by atoms with van der Waals surface area (Å²) in [5.41, 5.74) is 2.53. The Morgan fingerprint density at radius 1 is 0.950 bits per heavy atom. The number of nitrogens with two attached hydrogens (primary N) is 1. The first-order chi connectivity index (χ1) is 9.55. The van der Waals surface area contributed by atoms with E-state index >= 15 is 0 Å². The molecule has 1 heterocycles. The highest BCUT2D eigenvalue weighted by Gasteiger charge is 2.15. The molecule has 0 radical (unpaired) electrons. The maximum atomic E-state index is 5.47. The van der Waals surface area contributed by atoms with Crippen molar-refractivity contribution < 1.29 is 0 Å². The van der Waals surface area contributed by atoms with Gasteiger partial charge in [-0.05, 0) is 26.7 Å². The van der Waals surface area contributed by atoms with E-state index in [0.29, 0.717) is 23.8 Å². The number of nitrogens with zero attached hydrogens (tertiary/aromatic N) is 5. The number of nitrogens with one attached hydrogen (secondary N) is 1. The molecule has 0 bridgehead atoms. The first kappa shape index (κ1) is 16.4. The molecule has 0 fully saturated rings. The summed E-state index contributed by atoms with van der Waals surface area (Å²) in [5.74, 6) is 7.75. The molecule has 0 aliphatic rings. The van der Waals surface area contributed by atoms with E-state index < -0.39 is 0 Å². The summed E-state index contributed by atoms with van der Waals surface area (Å²) < 4.78 is 0. The van der Waals surface area contributed by atoms with Crippen LogP contribution in [-0.2, 0) is 0 Å². The van der Waals surface area contributed by atoms with Gasteiger partial charge in [-0.15, -0.1) is 0 Å². The van der Waals surface area contributed by atoms with Crippen LogP contribution in [0.15, 0.2) is 0 Å². The first-order valence-corrected chi connectivity index (χ1v) is 7.28. The van der Waals surface area contributed by atoms with Crippen molar-refractivity contribution in [3.63, 3.8) is 0 Å². The zero-order chi connectivity index (χ0) is 15.1. The van der Waals surface area contributed by atoms with E-state index in [0.717, 1.165) is 26.2 Å². The normalized spacial score (nSPS) is 10.8. The number of nitrogen functional groups attached to an aromatic ring is 1. The highest BCUT2D eigenvalue weighted by molar-refractivity contribution is 5.44. The molecule has 0 spiro atoms. The van der Waals surface area contributed by atoms with Gasteiger partial charge >= 0.3 is 0 Å². The van der Waals surface area contributed by atoms with E-state index in [9.17, 15) is 0 Å². The van der Waals surface area contributed by atoms with E-state index in [4.69, 9.17) is 5.84 Å². The molecular weight excluding hydrogens is 254 g/mol. The van der Waals surface area contributed by atoms with Crippen molar-refractivity contribution in [2.45, 2.75) is 34.6 Å². The SMILES string of the molecule is CCN(CC)c1nc(NN)nc(N(CC)CC(C)C)n1. The average Bonchev–Trinajstić information content (AvgIpc) is 2.45. The molecule has 7 nitrogen and oxygen atoms in total. The van der Waals surface area contributed by atoms with Gasteiger partial charge in [-0.1, -0.05) is 13.8 Å². The lowest BCUT2D eigenvalue weighted by atomic mass is 10.2. The number of hydrazine groups is 1. The van der Waals surface area contributed by atoms with Crippen LogP contribution < -0.4 is 21.1 Å². The molecular formula is C13H27N7. The Morgan fingerprint density at radius 3 is 1.85 bits per heavy atom. The summed E-state index contributed by atoms with van der Waals surface area (Å²) in [5, 5.41) is 0. The summed E-state index contributed by atoms with van der Waals surface area (Å²) in [4.78, 5) is 17.5. The quantitative estimate of drug-likeness (QED) is 0.551. The third-order valence-electron chi connectivity index (χ3n) is 3.04. The monoisotopic (exact) mass is 281 g/mol. The summed E-state index contributed by atoms with van der Waals surface area (Å²) >= 11 is 0. The second-order valence-corrected chi connectivity index (χ2v) is 5.01. The zero-order valence-electron chi connectivity index (χ0n) is 13.2. The first-order valence-electron chi connectivity index (χ1n) is 7.28. The average molecular weight is 281 g/mol. The van der Waals surface area contributed by atoms with Gasteiger partial charge in [-0.3, -0.25) is 5.43 Å². The van der Waals surface area contributed by atoms with Gasteiger partial charge in [0.1, 0.15) is 0 Å². The van der Waals surface area contributed by atoms with Gasteiger partial charge in [0.2, 0.25) is 17.8 Å². The highest BCUT2D eigenvalue weighted by atomic mass is 15.4. The van der Waals surface area contributed by atoms with Gasteiger partial charge in [-0.2, -0.15) is 15.0 Å². The van der Waals surface area contributed by atoms with E-state index in [1.54, 1.807) is 0 Å². The Morgan fingerprint density at radius 2 is 1.45 bits per heavy atom. The van der Waals surface area contributed by atoms with Gasteiger partial charge < -0.3 is 9.80 Å². The third kappa shape index (κ3) is 4.19. The minimum absolute atomic E-state index is 0.402. The molecule has 0 unspecified atom stereocenters. The van der Waals surface area contributed by atoms with E-state index in [1.165, 1.54) is 0 Å². The second kappa shape index (κ2) is 7.84. The van der Waals surface area contributed by atoms with Gasteiger partial charge in [0.15, 0.2) is 0 Å². The van der Waals surface area contributed by atoms with Crippen molar-refractivity contribution in [2.24, 2.45) is 11.8 Å². The van der Waals surface area contributed by atoms with Crippen LogP contribution in [0.4, 0.5) is 17.8 Å². The lowest BCUT2D eigenvalue weighted by Gasteiger charge is -2.25. The van der Waals surface area contributed by atoms with E-state index in [1.807, 2.05) is 0 Å². The second-order valence-electron chi connectivity index (χ2n) is 5.01. The fraction of sp³-hybridized carbons (Fsp3) is 0.769. The number of rotatable bonds is 8. The fourth-order valence-electron chi connectivity index (χ4n) is 2.00. The van der Waals surface area contributed by atoms with Crippen molar-refractivity contribution in [3.8, 4) is 0 Å². The van der Waals surface area contributed by atoms with Crippen LogP contribution in [0.2, 0.25) is 0 Å². The molecule has 0 amide bonds. The Balaban J connectivity index is 3.14. The van der Waals surface area contributed by atoms with Crippen molar-refractivity contribution in [1.82, 2.24) is 15.0 Å². The maximum Gasteiger partial charge on any atom is 0.243 e. The summed E-state index contributed by atoms with van der Waals surface area (Å²) in [6, 6.07) is 0. The molecule has 0 aliphatic heterocycles. The Hall–Kier alpha value is -1.63. The number of aromatic nitrogens is 3. The van der Waals surface area contributed by atoms with Crippen LogP contribution in [0.3, 0.4) is 0 Å². The standard InChI is InChI=1S/C13H27N7/c1-6-19(7-2)12-15-11(18-14)16-13(17-12)20(8-3)9-10(4)5/h10H,6-9,14H2,1-5H3,(H,15,16,17,18). The van der Waals surface area contributed by atoms with Gasteiger partial charge in [0.25, 0.3) is 0 Å². The van der Waals surface area contributed by atoms with E-state index in [-0.39, 0.29) is 0 Å². The predicted molar refractivity (Wildman–Crippen MR) is 83.9 cm³/mol. The molecule has 0 saturated carbocycles. The molecule has 0 saturated heterocycles. The smallest absolute Gasteiger partial charge is 0.243 e. The number of hydrogen-bond donors (Lipinski definition) is 2. The minimum atomic E-state index is 0.402. The van der Waals surface area contributed by atoms with Crippen LogP contribution in [0, 0.1) is 5.92 Å². The van der Waals surface area contributed by atoms with E-state index in [2.05, 4.69) is 64.8 Å². The topological polar surface area (TPSA) is 83.2 Å². The summed E-state index contributed by atoms with van der Waals surface area (Å²) in [7, 11) is 0. The van der Waals surface area contributed by atoms with Crippen LogP contribution in [0.5, 0.6) is 0 Å². The molecule has 1 aromatic rings. The molecule has 1 aromatic heterocycles.